The van der Waals surface area contributed by atoms with E-state index in [1.165, 1.54) is 12.8 Å². The number of aromatic nitrogens is 4. The second-order valence-electron chi connectivity index (χ2n) is 8.47. The maximum absolute atomic E-state index is 13.0. The number of rotatable bonds is 9. The van der Waals surface area contributed by atoms with E-state index in [0.717, 1.165) is 55.2 Å². The Morgan fingerprint density at radius 3 is 2.21 bits per heavy atom. The van der Waals surface area contributed by atoms with Crippen LogP contribution in [-0.2, 0) is 6.54 Å². The number of nitrogens with zero attached hydrogens (tertiary/aromatic N) is 4. The fourth-order valence-corrected chi connectivity index (χ4v) is 4.31. The molecule has 2 heterocycles. The molecule has 1 fully saturated rings. The first kappa shape index (κ1) is 21.1. The van der Waals surface area contributed by atoms with Gasteiger partial charge in [0, 0.05) is 43.6 Å². The predicted octanol–water partition coefficient (Wildman–Crippen LogP) is 4.65. The Kier molecular flexibility index (Phi) is 6.28. The summed E-state index contributed by atoms with van der Waals surface area (Å²) in [4.78, 5) is 17.1. The van der Waals surface area contributed by atoms with E-state index in [4.69, 9.17) is 4.74 Å². The van der Waals surface area contributed by atoms with Gasteiger partial charge in [-0.15, -0.1) is 0 Å². The monoisotopic (exact) mass is 443 g/mol. The zero-order valence-electron chi connectivity index (χ0n) is 18.6. The third-order valence-corrected chi connectivity index (χ3v) is 6.12. The lowest BCUT2D eigenvalue weighted by atomic mass is 10.2. The Balaban J connectivity index is 1.20. The van der Waals surface area contributed by atoms with Crippen molar-refractivity contribution in [2.75, 3.05) is 11.9 Å². The molecule has 170 valence electrons. The highest BCUT2D eigenvalue weighted by atomic mass is 16.5. The minimum Gasteiger partial charge on any atom is -0.490 e. The molecular formula is C26H29N5O2. The van der Waals surface area contributed by atoms with Crippen molar-refractivity contribution >= 4 is 5.69 Å². The molecule has 1 aliphatic carbocycles. The second kappa shape index (κ2) is 9.81. The van der Waals surface area contributed by atoms with Gasteiger partial charge >= 0.3 is 5.69 Å². The van der Waals surface area contributed by atoms with Gasteiger partial charge in [-0.2, -0.15) is 0 Å². The molecule has 0 saturated heterocycles. The summed E-state index contributed by atoms with van der Waals surface area (Å²) >= 11 is 0. The van der Waals surface area contributed by atoms with E-state index >= 15 is 0 Å². The maximum Gasteiger partial charge on any atom is 0.337 e. The van der Waals surface area contributed by atoms with Gasteiger partial charge in [-0.05, 0) is 80.6 Å². The largest absolute Gasteiger partial charge is 0.490 e. The van der Waals surface area contributed by atoms with Crippen LogP contribution in [0.3, 0.4) is 0 Å². The molecule has 2 aromatic heterocycles. The minimum absolute atomic E-state index is 0.0968. The minimum atomic E-state index is -0.0968. The van der Waals surface area contributed by atoms with Crippen molar-refractivity contribution < 1.29 is 4.74 Å². The average Bonchev–Trinajstić information content (AvgIpc) is 3.61. The highest BCUT2D eigenvalue weighted by Crippen LogP contribution is 2.24. The van der Waals surface area contributed by atoms with Crippen LogP contribution in [-0.4, -0.2) is 31.3 Å². The first-order valence-electron chi connectivity index (χ1n) is 11.6. The molecular weight excluding hydrogens is 414 g/mol. The fourth-order valence-electron chi connectivity index (χ4n) is 4.31. The number of imidazole rings is 2. The normalized spacial score (nSPS) is 13.9. The molecule has 7 heteroatoms. The Morgan fingerprint density at radius 1 is 0.909 bits per heavy atom. The van der Waals surface area contributed by atoms with Crippen molar-refractivity contribution in [1.29, 1.82) is 0 Å². The molecule has 0 unspecified atom stereocenters. The van der Waals surface area contributed by atoms with E-state index in [1.807, 2.05) is 61.1 Å². The van der Waals surface area contributed by atoms with Crippen molar-refractivity contribution in [2.45, 2.75) is 44.8 Å². The summed E-state index contributed by atoms with van der Waals surface area (Å²) in [6, 6.07) is 15.7. The third kappa shape index (κ3) is 5.03. The van der Waals surface area contributed by atoms with Gasteiger partial charge in [-0.1, -0.05) is 0 Å². The van der Waals surface area contributed by atoms with Crippen LogP contribution in [0.25, 0.3) is 11.4 Å². The van der Waals surface area contributed by atoms with Crippen molar-refractivity contribution in [3.8, 4) is 17.1 Å². The molecule has 1 saturated carbocycles. The zero-order valence-corrected chi connectivity index (χ0v) is 18.6. The molecule has 0 bridgehead atoms. The lowest BCUT2D eigenvalue weighted by Crippen LogP contribution is -2.21. The number of nitrogens with one attached hydrogen (secondary N) is 1. The lowest BCUT2D eigenvalue weighted by Gasteiger charge is -2.13. The molecule has 0 aliphatic heterocycles. The van der Waals surface area contributed by atoms with Gasteiger partial charge in [0.15, 0.2) is 0 Å². The van der Waals surface area contributed by atoms with Gasteiger partial charge in [-0.25, -0.2) is 9.78 Å². The number of hydrogen-bond donors (Lipinski definition) is 1. The van der Waals surface area contributed by atoms with E-state index in [1.54, 1.807) is 27.7 Å². The summed E-state index contributed by atoms with van der Waals surface area (Å²) < 4.78 is 11.4. The SMILES string of the molecule is O=c1n(-c2ccc(NCCCn3ccnc3)cc2)ccn1-c1ccc(OC2CCCC2)cc1. The van der Waals surface area contributed by atoms with Crippen molar-refractivity contribution in [3.05, 3.63) is 90.1 Å². The van der Waals surface area contributed by atoms with Crippen molar-refractivity contribution in [2.24, 2.45) is 0 Å². The van der Waals surface area contributed by atoms with E-state index in [0.29, 0.717) is 6.10 Å². The fraction of sp³-hybridized carbons (Fsp3) is 0.308. The summed E-state index contributed by atoms with van der Waals surface area (Å²) in [5.41, 5.74) is 2.60. The van der Waals surface area contributed by atoms with E-state index in [9.17, 15) is 4.79 Å². The number of ether oxygens (including phenoxy) is 1. The van der Waals surface area contributed by atoms with Gasteiger partial charge in [0.05, 0.1) is 23.8 Å². The summed E-state index contributed by atoms with van der Waals surface area (Å²) in [5.74, 6) is 0.867. The van der Waals surface area contributed by atoms with Crippen LogP contribution in [0.4, 0.5) is 5.69 Å². The van der Waals surface area contributed by atoms with Crippen LogP contribution in [0.5, 0.6) is 5.75 Å². The molecule has 33 heavy (non-hydrogen) atoms. The Hall–Kier alpha value is -3.74. The van der Waals surface area contributed by atoms with Gasteiger partial charge in [-0.3, -0.25) is 9.13 Å². The van der Waals surface area contributed by atoms with Crippen LogP contribution in [0.1, 0.15) is 32.1 Å². The summed E-state index contributed by atoms with van der Waals surface area (Å²) in [6.45, 7) is 1.80. The molecule has 1 aliphatic rings. The second-order valence-corrected chi connectivity index (χ2v) is 8.47. The summed E-state index contributed by atoms with van der Waals surface area (Å²) in [6.07, 6.45) is 15.3. The summed E-state index contributed by atoms with van der Waals surface area (Å²) in [5, 5.41) is 3.42. The number of aryl methyl sites for hydroxylation is 1. The average molecular weight is 444 g/mol. The van der Waals surface area contributed by atoms with Gasteiger partial charge < -0.3 is 14.6 Å². The van der Waals surface area contributed by atoms with E-state index in [2.05, 4.69) is 14.9 Å². The zero-order chi connectivity index (χ0) is 22.5. The highest BCUT2D eigenvalue weighted by Gasteiger charge is 2.16. The van der Waals surface area contributed by atoms with Gasteiger partial charge in [0.2, 0.25) is 0 Å². The molecule has 0 spiro atoms. The first-order chi connectivity index (χ1) is 16.3. The van der Waals surface area contributed by atoms with Crippen LogP contribution in [0.2, 0.25) is 0 Å². The van der Waals surface area contributed by atoms with Crippen LogP contribution >= 0.6 is 0 Å². The molecule has 0 radical (unpaired) electrons. The molecule has 5 rings (SSSR count). The molecule has 0 atom stereocenters. The Labute approximate surface area is 193 Å². The number of hydrogen-bond acceptors (Lipinski definition) is 4. The lowest BCUT2D eigenvalue weighted by molar-refractivity contribution is 0.210. The topological polar surface area (TPSA) is 66.0 Å². The predicted molar refractivity (Wildman–Crippen MR) is 130 cm³/mol. The number of benzene rings is 2. The molecule has 0 amide bonds. The third-order valence-electron chi connectivity index (χ3n) is 6.12. The Bertz CT molecular complexity index is 1200. The molecule has 4 aromatic rings. The maximum atomic E-state index is 13.0. The molecule has 7 nitrogen and oxygen atoms in total. The highest BCUT2D eigenvalue weighted by molar-refractivity contribution is 5.49. The summed E-state index contributed by atoms with van der Waals surface area (Å²) in [7, 11) is 0. The van der Waals surface area contributed by atoms with Gasteiger partial charge in [0.25, 0.3) is 0 Å². The first-order valence-corrected chi connectivity index (χ1v) is 11.6. The van der Waals surface area contributed by atoms with Crippen molar-refractivity contribution in [3.63, 3.8) is 0 Å². The van der Waals surface area contributed by atoms with Crippen LogP contribution in [0.15, 0.2) is 84.4 Å². The molecule has 1 N–H and O–H groups in total. The number of anilines is 1. The smallest absolute Gasteiger partial charge is 0.337 e. The van der Waals surface area contributed by atoms with E-state index in [-0.39, 0.29) is 5.69 Å². The van der Waals surface area contributed by atoms with Crippen LogP contribution < -0.4 is 15.7 Å². The Morgan fingerprint density at radius 2 is 1.58 bits per heavy atom. The standard InChI is InChI=1S/C26H29N5O2/c32-26-30(22-8-6-21(7-9-22)28-14-3-16-29-17-15-27-20-29)18-19-31(26)23-10-12-25(13-11-23)33-24-4-1-2-5-24/h6-13,15,17-20,24,28H,1-5,14,16H2. The van der Waals surface area contributed by atoms with Crippen molar-refractivity contribution in [1.82, 2.24) is 18.7 Å². The molecule has 2 aromatic carbocycles. The van der Waals surface area contributed by atoms with Gasteiger partial charge in [0.1, 0.15) is 5.75 Å². The van der Waals surface area contributed by atoms with Crippen LogP contribution in [0, 0.1) is 0 Å². The van der Waals surface area contributed by atoms with E-state index < -0.39 is 0 Å². The quantitative estimate of drug-likeness (QED) is 0.383.